The summed E-state index contributed by atoms with van der Waals surface area (Å²) in [6.07, 6.45) is 1.18. The Morgan fingerprint density at radius 2 is 1.82 bits per heavy atom. The van der Waals surface area contributed by atoms with Crippen LogP contribution in [-0.2, 0) is 4.79 Å². The van der Waals surface area contributed by atoms with Crippen molar-refractivity contribution in [1.82, 2.24) is 9.88 Å². The number of piperazine rings is 1. The van der Waals surface area contributed by atoms with Gasteiger partial charge in [-0.05, 0) is 18.6 Å². The highest BCUT2D eigenvalue weighted by Crippen LogP contribution is 2.28. The molecule has 0 radical (unpaired) electrons. The largest absolute Gasteiger partial charge is 0.369 e. The molecule has 0 atom stereocenters. The third-order valence-electron chi connectivity index (χ3n) is 5.10. The lowest BCUT2D eigenvalue weighted by atomic mass is 10.2. The molecular formula is C19H24N6O2S. The summed E-state index contributed by atoms with van der Waals surface area (Å²) in [5, 5.41) is 5.74. The Kier molecular flexibility index (Phi) is 5.45. The molecule has 0 spiro atoms. The van der Waals surface area contributed by atoms with Crippen molar-refractivity contribution in [2.75, 3.05) is 60.9 Å². The van der Waals surface area contributed by atoms with Gasteiger partial charge in [-0.2, -0.15) is 0 Å². The molecule has 4 rings (SSSR count). The SMILES string of the molecule is NC(=O)CN1CCN(c2ccccc2NC(=O)c2csc(N3CCC3)n2)CC1. The van der Waals surface area contributed by atoms with E-state index >= 15 is 0 Å². The number of thiazole rings is 1. The third-order valence-corrected chi connectivity index (χ3v) is 6.00. The lowest BCUT2D eigenvalue weighted by Gasteiger charge is -2.36. The summed E-state index contributed by atoms with van der Waals surface area (Å²) in [5.74, 6) is -0.496. The van der Waals surface area contributed by atoms with E-state index in [9.17, 15) is 9.59 Å². The number of nitrogens with zero attached hydrogens (tertiary/aromatic N) is 4. The number of para-hydroxylation sites is 2. The summed E-state index contributed by atoms with van der Waals surface area (Å²) in [7, 11) is 0. The van der Waals surface area contributed by atoms with Crippen LogP contribution in [0.4, 0.5) is 16.5 Å². The lowest BCUT2D eigenvalue weighted by molar-refractivity contribution is -0.119. The summed E-state index contributed by atoms with van der Waals surface area (Å²) in [4.78, 5) is 34.7. The predicted molar refractivity (Wildman–Crippen MR) is 111 cm³/mol. The second-order valence-electron chi connectivity index (χ2n) is 7.06. The minimum absolute atomic E-state index is 0.192. The summed E-state index contributed by atoms with van der Waals surface area (Å²) in [6.45, 7) is 5.38. The predicted octanol–water partition coefficient (Wildman–Crippen LogP) is 1.21. The van der Waals surface area contributed by atoms with Crippen LogP contribution in [0.2, 0.25) is 0 Å². The molecule has 3 heterocycles. The van der Waals surface area contributed by atoms with Gasteiger partial charge in [0.05, 0.1) is 17.9 Å². The van der Waals surface area contributed by atoms with Crippen molar-refractivity contribution in [2.24, 2.45) is 5.73 Å². The van der Waals surface area contributed by atoms with Crippen molar-refractivity contribution in [2.45, 2.75) is 6.42 Å². The lowest BCUT2D eigenvalue weighted by Crippen LogP contribution is -2.49. The molecule has 2 amide bonds. The van der Waals surface area contributed by atoms with Gasteiger partial charge in [0, 0.05) is 44.6 Å². The van der Waals surface area contributed by atoms with Gasteiger partial charge < -0.3 is 20.9 Å². The molecule has 0 unspecified atom stereocenters. The van der Waals surface area contributed by atoms with Crippen LogP contribution in [0.1, 0.15) is 16.9 Å². The van der Waals surface area contributed by atoms with E-state index < -0.39 is 0 Å². The minimum atomic E-state index is -0.304. The Morgan fingerprint density at radius 3 is 2.50 bits per heavy atom. The Morgan fingerprint density at radius 1 is 1.07 bits per heavy atom. The molecule has 3 N–H and O–H groups in total. The van der Waals surface area contributed by atoms with E-state index in [1.807, 2.05) is 34.5 Å². The van der Waals surface area contributed by atoms with E-state index in [1.54, 1.807) is 0 Å². The molecule has 148 valence electrons. The zero-order valence-electron chi connectivity index (χ0n) is 15.6. The minimum Gasteiger partial charge on any atom is -0.369 e. The molecule has 2 fully saturated rings. The molecule has 0 saturated carbocycles. The monoisotopic (exact) mass is 400 g/mol. The molecule has 9 heteroatoms. The molecule has 0 bridgehead atoms. The van der Waals surface area contributed by atoms with Crippen LogP contribution < -0.4 is 20.9 Å². The van der Waals surface area contributed by atoms with Crippen molar-refractivity contribution in [3.05, 3.63) is 35.3 Å². The van der Waals surface area contributed by atoms with Gasteiger partial charge in [0.2, 0.25) is 5.91 Å². The molecule has 0 aliphatic carbocycles. The van der Waals surface area contributed by atoms with E-state index in [-0.39, 0.29) is 18.4 Å². The molecule has 28 heavy (non-hydrogen) atoms. The van der Waals surface area contributed by atoms with Gasteiger partial charge in [-0.15, -0.1) is 11.3 Å². The van der Waals surface area contributed by atoms with Gasteiger partial charge in [0.15, 0.2) is 5.13 Å². The zero-order valence-corrected chi connectivity index (χ0v) is 16.5. The van der Waals surface area contributed by atoms with Gasteiger partial charge in [0.25, 0.3) is 5.91 Å². The first-order valence-electron chi connectivity index (χ1n) is 9.46. The first-order valence-corrected chi connectivity index (χ1v) is 10.3. The average molecular weight is 401 g/mol. The highest BCUT2D eigenvalue weighted by atomic mass is 32.1. The highest BCUT2D eigenvalue weighted by Gasteiger charge is 2.22. The number of nitrogens with two attached hydrogens (primary N) is 1. The van der Waals surface area contributed by atoms with Crippen molar-refractivity contribution >= 4 is 39.7 Å². The number of aromatic nitrogens is 1. The number of hydrogen-bond donors (Lipinski definition) is 2. The number of hydrogen-bond acceptors (Lipinski definition) is 7. The van der Waals surface area contributed by atoms with E-state index in [0.29, 0.717) is 5.69 Å². The number of primary amides is 1. The van der Waals surface area contributed by atoms with Crippen LogP contribution in [0.5, 0.6) is 0 Å². The van der Waals surface area contributed by atoms with Crippen LogP contribution in [0.3, 0.4) is 0 Å². The number of rotatable bonds is 6. The van der Waals surface area contributed by atoms with Crippen molar-refractivity contribution in [1.29, 1.82) is 0 Å². The summed E-state index contributed by atoms with van der Waals surface area (Å²) >= 11 is 1.51. The molecular weight excluding hydrogens is 376 g/mol. The van der Waals surface area contributed by atoms with Gasteiger partial charge in [-0.25, -0.2) is 4.98 Å². The molecule has 2 aromatic rings. The summed E-state index contributed by atoms with van der Waals surface area (Å²) < 4.78 is 0. The fraction of sp³-hybridized carbons (Fsp3) is 0.421. The van der Waals surface area contributed by atoms with Gasteiger partial charge in [-0.1, -0.05) is 12.1 Å². The van der Waals surface area contributed by atoms with E-state index in [1.165, 1.54) is 17.8 Å². The van der Waals surface area contributed by atoms with Crippen molar-refractivity contribution in [3.63, 3.8) is 0 Å². The van der Waals surface area contributed by atoms with Crippen molar-refractivity contribution < 1.29 is 9.59 Å². The quantitative estimate of drug-likeness (QED) is 0.757. The number of benzene rings is 1. The maximum absolute atomic E-state index is 12.7. The third kappa shape index (κ3) is 4.10. The normalized spacial score (nSPS) is 17.3. The Bertz CT molecular complexity index is 858. The van der Waals surface area contributed by atoms with Crippen LogP contribution in [0, 0.1) is 0 Å². The number of carbonyl (C=O) groups excluding carboxylic acids is 2. The Labute approximate surface area is 167 Å². The molecule has 8 nitrogen and oxygen atoms in total. The van der Waals surface area contributed by atoms with E-state index in [0.717, 1.165) is 55.8 Å². The van der Waals surface area contributed by atoms with E-state index in [4.69, 9.17) is 5.73 Å². The van der Waals surface area contributed by atoms with Crippen LogP contribution in [0.15, 0.2) is 29.6 Å². The maximum Gasteiger partial charge on any atom is 0.275 e. The maximum atomic E-state index is 12.7. The number of anilines is 3. The first kappa shape index (κ1) is 18.7. The van der Waals surface area contributed by atoms with E-state index in [2.05, 4.69) is 20.1 Å². The molecule has 1 aromatic carbocycles. The topological polar surface area (TPSA) is 94.8 Å². The van der Waals surface area contributed by atoms with Gasteiger partial charge in [-0.3, -0.25) is 14.5 Å². The van der Waals surface area contributed by atoms with Crippen LogP contribution in [-0.4, -0.2) is 67.5 Å². The Hall–Kier alpha value is -2.65. The standard InChI is InChI=1S/C19H24N6O2S/c20-17(26)12-23-8-10-24(11-9-23)16-5-2-1-4-14(16)21-18(27)15-13-28-19(22-15)25-6-3-7-25/h1-2,4-5,13H,3,6-12H2,(H2,20,26)(H,21,27). The highest BCUT2D eigenvalue weighted by molar-refractivity contribution is 7.14. The second-order valence-corrected chi connectivity index (χ2v) is 7.89. The smallest absolute Gasteiger partial charge is 0.275 e. The van der Waals surface area contributed by atoms with Gasteiger partial charge >= 0.3 is 0 Å². The molecule has 2 saturated heterocycles. The van der Waals surface area contributed by atoms with Gasteiger partial charge in [0.1, 0.15) is 5.69 Å². The molecule has 1 aromatic heterocycles. The van der Waals surface area contributed by atoms with Crippen molar-refractivity contribution in [3.8, 4) is 0 Å². The summed E-state index contributed by atoms with van der Waals surface area (Å²) in [6, 6.07) is 7.79. The fourth-order valence-electron chi connectivity index (χ4n) is 3.43. The number of carbonyl (C=O) groups is 2. The fourth-order valence-corrected chi connectivity index (χ4v) is 4.29. The summed E-state index contributed by atoms with van der Waals surface area (Å²) in [5.41, 5.74) is 7.49. The molecule has 2 aliphatic rings. The zero-order chi connectivity index (χ0) is 19.5. The number of nitrogens with one attached hydrogen (secondary N) is 1. The average Bonchev–Trinajstić information content (AvgIpc) is 3.10. The Balaban J connectivity index is 1.42. The molecule has 2 aliphatic heterocycles. The second kappa shape index (κ2) is 8.15. The van der Waals surface area contributed by atoms with Crippen LogP contribution >= 0.6 is 11.3 Å². The first-order chi connectivity index (χ1) is 13.6. The number of amides is 2. The van der Waals surface area contributed by atoms with Crippen LogP contribution in [0.25, 0.3) is 0 Å².